The van der Waals surface area contributed by atoms with E-state index in [1.54, 1.807) is 37.3 Å². The van der Waals surface area contributed by atoms with Crippen LogP contribution in [-0.4, -0.2) is 12.1 Å². The number of ether oxygens (including phenoxy) is 1. The predicted molar refractivity (Wildman–Crippen MR) is 83.4 cm³/mol. The SMILES string of the molecule is CC[C@@]1(c2ccc(C)cc2)C(=O)O[C@]1(c1ccccc1)C(F)(F)F. The van der Waals surface area contributed by atoms with E-state index in [1.165, 1.54) is 24.3 Å². The number of rotatable bonds is 3. The van der Waals surface area contributed by atoms with Crippen LogP contribution >= 0.6 is 0 Å². The van der Waals surface area contributed by atoms with Crippen LogP contribution in [0.4, 0.5) is 13.2 Å². The molecule has 0 spiro atoms. The van der Waals surface area contributed by atoms with E-state index in [2.05, 4.69) is 0 Å². The first-order valence-corrected chi connectivity index (χ1v) is 7.72. The summed E-state index contributed by atoms with van der Waals surface area (Å²) in [4.78, 5) is 12.4. The zero-order valence-electron chi connectivity index (χ0n) is 13.4. The average Bonchev–Trinajstić information content (AvgIpc) is 2.54. The molecule has 0 N–H and O–H groups in total. The summed E-state index contributed by atoms with van der Waals surface area (Å²) >= 11 is 0. The molecule has 1 saturated heterocycles. The Morgan fingerprint density at radius 2 is 1.54 bits per heavy atom. The number of esters is 1. The Morgan fingerprint density at radius 3 is 2.00 bits per heavy atom. The van der Waals surface area contributed by atoms with Crippen LogP contribution < -0.4 is 0 Å². The number of hydrogen-bond donors (Lipinski definition) is 0. The van der Waals surface area contributed by atoms with Gasteiger partial charge < -0.3 is 4.74 Å². The molecule has 5 heteroatoms. The number of halogens is 3. The number of aryl methyl sites for hydroxylation is 1. The molecule has 2 nitrogen and oxygen atoms in total. The van der Waals surface area contributed by atoms with Gasteiger partial charge in [-0.2, -0.15) is 13.2 Å². The molecular weight excluding hydrogens is 317 g/mol. The fourth-order valence-corrected chi connectivity index (χ4v) is 3.61. The Bertz CT molecular complexity index is 752. The van der Waals surface area contributed by atoms with Gasteiger partial charge in [0.05, 0.1) is 0 Å². The average molecular weight is 334 g/mol. The third kappa shape index (κ3) is 1.93. The van der Waals surface area contributed by atoms with Gasteiger partial charge in [-0.05, 0) is 18.9 Å². The zero-order valence-corrected chi connectivity index (χ0v) is 13.4. The van der Waals surface area contributed by atoms with Crippen molar-refractivity contribution >= 4 is 5.97 Å². The number of hydrogen-bond acceptors (Lipinski definition) is 2. The molecule has 3 rings (SSSR count). The van der Waals surface area contributed by atoms with Gasteiger partial charge in [0.1, 0.15) is 5.41 Å². The first-order valence-electron chi connectivity index (χ1n) is 7.72. The molecule has 1 fully saturated rings. The van der Waals surface area contributed by atoms with E-state index in [-0.39, 0.29) is 12.0 Å². The summed E-state index contributed by atoms with van der Waals surface area (Å²) < 4.78 is 47.5. The minimum absolute atomic E-state index is 0.0106. The lowest BCUT2D eigenvalue weighted by atomic mass is 9.58. The van der Waals surface area contributed by atoms with Crippen molar-refractivity contribution in [2.75, 3.05) is 0 Å². The molecule has 1 aliphatic rings. The zero-order chi connectivity index (χ0) is 17.6. The maximum Gasteiger partial charge on any atom is 0.434 e. The van der Waals surface area contributed by atoms with Crippen molar-refractivity contribution in [2.24, 2.45) is 0 Å². The second-order valence-electron chi connectivity index (χ2n) is 6.06. The molecule has 0 bridgehead atoms. The molecule has 2 aromatic rings. The maximum absolute atomic E-state index is 14.2. The summed E-state index contributed by atoms with van der Waals surface area (Å²) in [6.07, 6.45) is -4.74. The first-order chi connectivity index (χ1) is 11.3. The molecule has 0 aliphatic carbocycles. The fraction of sp³-hybridized carbons (Fsp3) is 0.316. The molecule has 2 aromatic carbocycles. The molecule has 1 aliphatic heterocycles. The van der Waals surface area contributed by atoms with Gasteiger partial charge in [0.2, 0.25) is 0 Å². The van der Waals surface area contributed by atoms with Crippen LogP contribution in [0.2, 0.25) is 0 Å². The number of carbonyl (C=O) groups is 1. The standard InChI is InChI=1S/C19H17F3O2/c1-3-17(14-11-9-13(2)10-12-14)16(23)24-18(17,19(20,21)22)15-7-5-4-6-8-15/h4-12H,3H2,1-2H3/t17-,18+/m1/s1. The van der Waals surface area contributed by atoms with Crippen LogP contribution in [0.5, 0.6) is 0 Å². The van der Waals surface area contributed by atoms with Crippen LogP contribution in [0.25, 0.3) is 0 Å². The lowest BCUT2D eigenvalue weighted by Gasteiger charge is -2.56. The van der Waals surface area contributed by atoms with E-state index in [1.807, 2.05) is 6.92 Å². The molecule has 0 amide bonds. The third-order valence-electron chi connectivity index (χ3n) is 4.85. The Kier molecular flexibility index (Phi) is 3.70. The Morgan fingerprint density at radius 1 is 0.958 bits per heavy atom. The second kappa shape index (κ2) is 5.36. The lowest BCUT2D eigenvalue weighted by Crippen LogP contribution is -2.73. The molecular formula is C19H17F3O2. The van der Waals surface area contributed by atoms with Crippen molar-refractivity contribution < 1.29 is 22.7 Å². The largest absolute Gasteiger partial charge is 0.442 e. The van der Waals surface area contributed by atoms with Gasteiger partial charge >= 0.3 is 12.1 Å². The summed E-state index contributed by atoms with van der Waals surface area (Å²) in [6.45, 7) is 3.43. The smallest absolute Gasteiger partial charge is 0.434 e. The first kappa shape index (κ1) is 16.6. The highest BCUT2D eigenvalue weighted by molar-refractivity contribution is 5.92. The Labute approximate surface area is 138 Å². The van der Waals surface area contributed by atoms with Gasteiger partial charge in [0.15, 0.2) is 0 Å². The van der Waals surface area contributed by atoms with Gasteiger partial charge in [-0.3, -0.25) is 4.79 Å². The summed E-state index contributed by atoms with van der Waals surface area (Å²) in [7, 11) is 0. The van der Waals surface area contributed by atoms with Crippen molar-refractivity contribution in [2.45, 2.75) is 37.5 Å². The molecule has 0 saturated carbocycles. The summed E-state index contributed by atoms with van der Waals surface area (Å²) in [5.74, 6) is -0.838. The second-order valence-corrected chi connectivity index (χ2v) is 6.06. The minimum Gasteiger partial charge on any atom is -0.442 e. The van der Waals surface area contributed by atoms with Crippen molar-refractivity contribution in [1.82, 2.24) is 0 Å². The molecule has 0 aromatic heterocycles. The molecule has 24 heavy (non-hydrogen) atoms. The number of alkyl halides is 3. The van der Waals surface area contributed by atoms with Crippen LogP contribution in [0, 0.1) is 6.92 Å². The molecule has 0 unspecified atom stereocenters. The number of cyclic esters (lactones) is 1. The van der Waals surface area contributed by atoms with E-state index < -0.39 is 23.2 Å². The van der Waals surface area contributed by atoms with E-state index in [4.69, 9.17) is 4.74 Å². The monoisotopic (exact) mass is 334 g/mol. The summed E-state index contributed by atoms with van der Waals surface area (Å²) in [6, 6.07) is 14.0. The predicted octanol–water partition coefficient (Wildman–Crippen LogP) is 4.66. The van der Waals surface area contributed by atoms with E-state index in [0.29, 0.717) is 5.56 Å². The van der Waals surface area contributed by atoms with Crippen LogP contribution in [-0.2, 0) is 20.5 Å². The topological polar surface area (TPSA) is 26.3 Å². The Balaban J connectivity index is 2.29. The summed E-state index contributed by atoms with van der Waals surface area (Å²) in [5.41, 5.74) is -3.26. The van der Waals surface area contributed by atoms with E-state index in [9.17, 15) is 18.0 Å². The van der Waals surface area contributed by atoms with Crippen LogP contribution in [0.1, 0.15) is 30.0 Å². The van der Waals surface area contributed by atoms with Crippen LogP contribution in [0.3, 0.4) is 0 Å². The van der Waals surface area contributed by atoms with Crippen molar-refractivity contribution in [1.29, 1.82) is 0 Å². The van der Waals surface area contributed by atoms with Gasteiger partial charge in [-0.1, -0.05) is 67.1 Å². The maximum atomic E-state index is 14.2. The highest BCUT2D eigenvalue weighted by Gasteiger charge is 2.81. The minimum atomic E-state index is -4.73. The van der Waals surface area contributed by atoms with E-state index in [0.717, 1.165) is 5.56 Å². The van der Waals surface area contributed by atoms with Crippen molar-refractivity contribution in [3.8, 4) is 0 Å². The van der Waals surface area contributed by atoms with Gasteiger partial charge in [0, 0.05) is 5.56 Å². The Hall–Kier alpha value is -2.30. The molecule has 2 atom stereocenters. The fourth-order valence-electron chi connectivity index (χ4n) is 3.61. The van der Waals surface area contributed by atoms with E-state index >= 15 is 0 Å². The normalized spacial score (nSPS) is 26.6. The lowest BCUT2D eigenvalue weighted by molar-refractivity contribution is -0.341. The quantitative estimate of drug-likeness (QED) is 0.763. The number of benzene rings is 2. The molecule has 0 radical (unpaired) electrons. The highest BCUT2D eigenvalue weighted by Crippen LogP contribution is 2.63. The molecule has 1 heterocycles. The van der Waals surface area contributed by atoms with Gasteiger partial charge in [-0.15, -0.1) is 0 Å². The van der Waals surface area contributed by atoms with Crippen molar-refractivity contribution in [3.63, 3.8) is 0 Å². The van der Waals surface area contributed by atoms with Gasteiger partial charge in [-0.25, -0.2) is 0 Å². The van der Waals surface area contributed by atoms with Crippen molar-refractivity contribution in [3.05, 3.63) is 71.3 Å². The third-order valence-corrected chi connectivity index (χ3v) is 4.85. The van der Waals surface area contributed by atoms with Gasteiger partial charge in [0.25, 0.3) is 5.60 Å². The van der Waals surface area contributed by atoms with Crippen LogP contribution in [0.15, 0.2) is 54.6 Å². The molecule has 126 valence electrons. The number of carbonyl (C=O) groups excluding carboxylic acids is 1. The summed E-state index contributed by atoms with van der Waals surface area (Å²) in [5, 5.41) is 0. The highest BCUT2D eigenvalue weighted by atomic mass is 19.4.